The summed E-state index contributed by atoms with van der Waals surface area (Å²) in [6.45, 7) is 2.87. The van der Waals surface area contributed by atoms with Crippen LogP contribution in [0, 0.1) is 11.8 Å². The number of rotatable bonds is 6. The molecule has 3 heterocycles. The minimum atomic E-state index is -1.07. The number of piperazine rings is 1. The van der Waals surface area contributed by atoms with Crippen LogP contribution in [0.25, 0.3) is 0 Å². The number of hydrogen-bond donors (Lipinski definition) is 2. The maximum atomic E-state index is 13.2. The summed E-state index contributed by atoms with van der Waals surface area (Å²) in [5.41, 5.74) is 6.28. The molecule has 3 unspecified atom stereocenters. The van der Waals surface area contributed by atoms with Crippen molar-refractivity contribution in [2.75, 3.05) is 33.2 Å². The van der Waals surface area contributed by atoms with Gasteiger partial charge in [0.15, 0.2) is 0 Å². The number of carbonyl (C=O) groups excluding carboxylic acids is 2. The van der Waals surface area contributed by atoms with Gasteiger partial charge < -0.3 is 30.1 Å². The van der Waals surface area contributed by atoms with Gasteiger partial charge in [0.25, 0.3) is 0 Å². The van der Waals surface area contributed by atoms with Crippen molar-refractivity contribution in [1.29, 1.82) is 0 Å². The number of esters is 1. The fourth-order valence-electron chi connectivity index (χ4n) is 4.34. The number of fused-ring (bicyclic) bond motifs is 2. The summed E-state index contributed by atoms with van der Waals surface area (Å²) in [4.78, 5) is 41.1. The molecule has 1 amide bonds. The second-order valence-electron chi connectivity index (χ2n) is 8.34. The largest absolute Gasteiger partial charge is 0.480 e. The summed E-state index contributed by atoms with van der Waals surface area (Å²) >= 11 is 0. The van der Waals surface area contributed by atoms with Crippen LogP contribution in [-0.4, -0.2) is 84.2 Å². The Kier molecular flexibility index (Phi) is 6.08. The van der Waals surface area contributed by atoms with E-state index in [4.69, 9.17) is 20.3 Å². The molecule has 0 saturated carbocycles. The van der Waals surface area contributed by atoms with E-state index in [1.54, 1.807) is 24.3 Å². The first-order chi connectivity index (χ1) is 14.8. The van der Waals surface area contributed by atoms with Crippen molar-refractivity contribution in [1.82, 2.24) is 9.80 Å². The zero-order valence-electron chi connectivity index (χ0n) is 17.3. The lowest BCUT2D eigenvalue weighted by atomic mass is 9.82. The molecule has 9 nitrogen and oxygen atoms in total. The molecule has 2 fully saturated rings. The lowest BCUT2D eigenvalue weighted by Crippen LogP contribution is -2.52. The van der Waals surface area contributed by atoms with Crippen molar-refractivity contribution in [2.24, 2.45) is 17.6 Å². The molecule has 1 aromatic rings. The molecule has 0 radical (unpaired) electrons. The summed E-state index contributed by atoms with van der Waals surface area (Å²) in [5, 5.41) is 8.92. The first-order valence-corrected chi connectivity index (χ1v) is 10.4. The molecule has 4 rings (SSSR count). The van der Waals surface area contributed by atoms with Gasteiger partial charge in [0.05, 0.1) is 18.1 Å². The first kappa shape index (κ1) is 21.5. The second kappa shape index (κ2) is 8.78. The number of nitrogens with two attached hydrogens (primary N) is 1. The molecule has 0 aliphatic carbocycles. The number of carbonyl (C=O) groups is 3. The third-order valence-corrected chi connectivity index (χ3v) is 6.19. The molecular weight excluding hydrogens is 402 g/mol. The Balaban J connectivity index is 1.42. The predicted molar refractivity (Wildman–Crippen MR) is 110 cm³/mol. The molecule has 166 valence electrons. The molecule has 3 N–H and O–H groups in total. The van der Waals surface area contributed by atoms with Gasteiger partial charge in [-0.05, 0) is 31.2 Å². The summed E-state index contributed by atoms with van der Waals surface area (Å²) in [6.07, 6.45) is 2.98. The van der Waals surface area contributed by atoms with Crippen molar-refractivity contribution < 1.29 is 29.0 Å². The summed E-state index contributed by atoms with van der Waals surface area (Å²) in [5.74, 6) is -2.59. The van der Waals surface area contributed by atoms with E-state index >= 15 is 0 Å². The highest BCUT2D eigenvalue weighted by Crippen LogP contribution is 2.41. The molecule has 0 aromatic heterocycles. The van der Waals surface area contributed by atoms with Gasteiger partial charge in [-0.2, -0.15) is 0 Å². The van der Waals surface area contributed by atoms with Gasteiger partial charge >= 0.3 is 11.9 Å². The zero-order chi connectivity index (χ0) is 22.1. The van der Waals surface area contributed by atoms with Crippen molar-refractivity contribution in [3.8, 4) is 5.75 Å². The Hall–Kier alpha value is -2.75. The molecule has 1 aromatic carbocycles. The monoisotopic (exact) mass is 429 g/mol. The Morgan fingerprint density at radius 2 is 1.71 bits per heavy atom. The lowest BCUT2D eigenvalue weighted by Gasteiger charge is -2.35. The predicted octanol–water partition coefficient (Wildman–Crippen LogP) is -0.110. The first-order valence-electron chi connectivity index (χ1n) is 10.4. The average Bonchev–Trinajstić information content (AvgIpc) is 3.37. The van der Waals surface area contributed by atoms with Crippen LogP contribution >= 0.6 is 0 Å². The van der Waals surface area contributed by atoms with Gasteiger partial charge in [0.1, 0.15) is 17.7 Å². The Morgan fingerprint density at radius 1 is 1.10 bits per heavy atom. The summed E-state index contributed by atoms with van der Waals surface area (Å²) in [7, 11) is 2.02. The van der Waals surface area contributed by atoms with Gasteiger partial charge in [-0.15, -0.1) is 0 Å². The van der Waals surface area contributed by atoms with Crippen molar-refractivity contribution in [3.63, 3.8) is 0 Å². The minimum Gasteiger partial charge on any atom is -0.480 e. The number of carboxylic acids is 1. The summed E-state index contributed by atoms with van der Waals surface area (Å²) in [6, 6.07) is 5.56. The molecule has 3 aliphatic rings. The quantitative estimate of drug-likeness (QED) is 0.365. The van der Waals surface area contributed by atoms with Crippen molar-refractivity contribution in [3.05, 3.63) is 42.0 Å². The molecule has 2 bridgehead atoms. The van der Waals surface area contributed by atoms with Crippen molar-refractivity contribution >= 4 is 17.8 Å². The fourth-order valence-corrected chi connectivity index (χ4v) is 4.34. The van der Waals surface area contributed by atoms with Crippen LogP contribution in [0.4, 0.5) is 0 Å². The normalized spacial score (nSPS) is 28.5. The SMILES string of the molecule is CN1CCN(C(=O)C2C(C(=O)Oc3ccc(CC(N)C(=O)O)cc3)[C@H]3C=C[C@H]2O3)CC1. The maximum absolute atomic E-state index is 13.2. The van der Waals surface area contributed by atoms with Crippen LogP contribution in [0.1, 0.15) is 5.56 Å². The Labute approximate surface area is 180 Å². The molecule has 5 atom stereocenters. The van der Waals surface area contributed by atoms with Gasteiger partial charge in [-0.25, -0.2) is 0 Å². The third-order valence-electron chi connectivity index (χ3n) is 6.19. The number of aliphatic carboxylic acids is 1. The average molecular weight is 429 g/mol. The molecule has 31 heavy (non-hydrogen) atoms. The van der Waals surface area contributed by atoms with Crippen molar-refractivity contribution in [2.45, 2.75) is 24.7 Å². The van der Waals surface area contributed by atoms with E-state index in [-0.39, 0.29) is 12.3 Å². The van der Waals surface area contributed by atoms with Gasteiger partial charge in [0, 0.05) is 26.2 Å². The second-order valence-corrected chi connectivity index (χ2v) is 8.34. The van der Waals surface area contributed by atoms with Crippen LogP contribution in [-0.2, 0) is 25.5 Å². The highest BCUT2D eigenvalue weighted by atomic mass is 16.5. The summed E-state index contributed by atoms with van der Waals surface area (Å²) < 4.78 is 11.4. The van der Waals surface area contributed by atoms with E-state index < -0.39 is 42.0 Å². The van der Waals surface area contributed by atoms with E-state index in [2.05, 4.69) is 4.90 Å². The van der Waals surface area contributed by atoms with E-state index in [0.29, 0.717) is 18.8 Å². The van der Waals surface area contributed by atoms with Crippen LogP contribution < -0.4 is 10.5 Å². The van der Waals surface area contributed by atoms with Crippen LogP contribution in [0.3, 0.4) is 0 Å². The van der Waals surface area contributed by atoms with Crippen LogP contribution in [0.5, 0.6) is 5.75 Å². The third kappa shape index (κ3) is 4.48. The Morgan fingerprint density at radius 3 is 2.32 bits per heavy atom. The molecular formula is C22H27N3O6. The molecule has 9 heteroatoms. The van der Waals surface area contributed by atoms with Crippen LogP contribution in [0.15, 0.2) is 36.4 Å². The standard InChI is InChI=1S/C22H27N3O6/c1-24-8-10-25(11-9-24)20(26)18-16-6-7-17(31-16)19(18)22(29)30-14-4-2-13(3-5-14)12-15(23)21(27)28/h2-7,15-19H,8-12,23H2,1H3,(H,27,28)/t15?,16-,17-,18?,19?/m1/s1. The number of nitrogens with zero attached hydrogens (tertiary/aromatic N) is 2. The lowest BCUT2D eigenvalue weighted by molar-refractivity contribution is -0.148. The molecule has 2 saturated heterocycles. The number of amides is 1. The number of carboxylic acid groups (broad SMARTS) is 1. The smallest absolute Gasteiger partial charge is 0.320 e. The maximum Gasteiger partial charge on any atom is 0.320 e. The van der Waals surface area contributed by atoms with Gasteiger partial charge in [-0.3, -0.25) is 14.4 Å². The molecule has 3 aliphatic heterocycles. The Bertz CT molecular complexity index is 878. The topological polar surface area (TPSA) is 122 Å². The van der Waals surface area contributed by atoms with E-state index in [1.165, 1.54) is 0 Å². The van der Waals surface area contributed by atoms with E-state index in [9.17, 15) is 14.4 Å². The number of benzene rings is 1. The van der Waals surface area contributed by atoms with E-state index in [1.807, 2.05) is 24.1 Å². The van der Waals surface area contributed by atoms with Gasteiger partial charge in [0.2, 0.25) is 5.91 Å². The number of ether oxygens (including phenoxy) is 2. The number of likely N-dealkylation sites (N-methyl/N-ethyl adjacent to an activating group) is 1. The fraction of sp³-hybridized carbons (Fsp3) is 0.500. The highest BCUT2D eigenvalue weighted by molar-refractivity contribution is 5.89. The zero-order valence-corrected chi connectivity index (χ0v) is 17.3. The minimum absolute atomic E-state index is 0.0649. The number of hydrogen-bond acceptors (Lipinski definition) is 7. The van der Waals surface area contributed by atoms with E-state index in [0.717, 1.165) is 18.7 Å². The molecule has 0 spiro atoms. The highest BCUT2D eigenvalue weighted by Gasteiger charge is 2.54. The van der Waals surface area contributed by atoms with Crippen LogP contribution in [0.2, 0.25) is 0 Å². The van der Waals surface area contributed by atoms with Gasteiger partial charge in [-0.1, -0.05) is 24.3 Å².